The quantitative estimate of drug-likeness (QED) is 0.432. The lowest BCUT2D eigenvalue weighted by molar-refractivity contribution is -0.494. The van der Waals surface area contributed by atoms with E-state index in [9.17, 15) is 0 Å². The fourth-order valence-corrected chi connectivity index (χ4v) is 1.94. The summed E-state index contributed by atoms with van der Waals surface area (Å²) >= 11 is 0. The molecule has 2 aromatic heterocycles. The Bertz CT molecular complexity index is 590. The molecule has 15 heavy (non-hydrogen) atoms. The van der Waals surface area contributed by atoms with Crippen LogP contribution in [-0.2, 0) is 0 Å². The van der Waals surface area contributed by atoms with Crippen LogP contribution in [0.5, 0.6) is 0 Å². The lowest BCUT2D eigenvalue weighted by Crippen LogP contribution is -2.25. The van der Waals surface area contributed by atoms with Crippen molar-refractivity contribution in [2.24, 2.45) is 0 Å². The van der Waals surface area contributed by atoms with Crippen molar-refractivity contribution in [1.29, 1.82) is 0 Å². The number of fused-ring (bicyclic) bond motifs is 2. The van der Waals surface area contributed by atoms with Gasteiger partial charge in [0.2, 0.25) is 0 Å². The van der Waals surface area contributed by atoms with E-state index in [0.717, 1.165) is 16.7 Å². The number of hydrogen-bond donors (Lipinski definition) is 1. The van der Waals surface area contributed by atoms with Crippen LogP contribution < -0.4 is 10.1 Å². The summed E-state index contributed by atoms with van der Waals surface area (Å²) in [5, 5.41) is 2.28. The van der Waals surface area contributed by atoms with E-state index in [1.54, 1.807) is 0 Å². The van der Waals surface area contributed by atoms with Gasteiger partial charge in [0.1, 0.15) is 5.52 Å². The summed E-state index contributed by atoms with van der Waals surface area (Å²) in [5.41, 5.74) is 7.24. The topological polar surface area (TPSA) is 30.1 Å². The first kappa shape index (κ1) is 8.24. The smallest absolute Gasteiger partial charge is 0.285 e. The molecule has 1 aromatic carbocycles. The number of pyridine rings is 2. The molecule has 72 valence electrons. The predicted octanol–water partition coefficient (Wildman–Crippen LogP) is 2.16. The number of nitrogens with zero attached hydrogens (tertiary/aromatic N) is 1. The highest BCUT2D eigenvalue weighted by Gasteiger charge is 2.08. The SMILES string of the molecule is Nc1c2ccccc2cc2cccc[n+]12. The molecule has 0 spiro atoms. The van der Waals surface area contributed by atoms with Crippen molar-refractivity contribution >= 4 is 22.1 Å². The third kappa shape index (κ3) is 1.15. The average molecular weight is 195 g/mol. The Morgan fingerprint density at radius 1 is 0.933 bits per heavy atom. The Morgan fingerprint density at radius 3 is 2.67 bits per heavy atom. The Kier molecular flexibility index (Phi) is 1.62. The standard InChI is InChI=1S/C13H10N2/c14-13-12-7-2-1-5-10(12)9-11-6-3-4-8-15(11)13/h1-9,14H/p+1. The summed E-state index contributed by atoms with van der Waals surface area (Å²) in [7, 11) is 0. The molecule has 3 rings (SSSR count). The molecule has 0 unspecified atom stereocenters. The van der Waals surface area contributed by atoms with Gasteiger partial charge in [-0.3, -0.25) is 5.73 Å². The van der Waals surface area contributed by atoms with Gasteiger partial charge >= 0.3 is 0 Å². The molecule has 2 heterocycles. The van der Waals surface area contributed by atoms with E-state index in [4.69, 9.17) is 5.73 Å². The van der Waals surface area contributed by atoms with E-state index in [1.807, 2.05) is 40.9 Å². The first-order valence-corrected chi connectivity index (χ1v) is 4.94. The van der Waals surface area contributed by atoms with E-state index >= 15 is 0 Å². The van der Waals surface area contributed by atoms with Gasteiger partial charge in [-0.2, -0.15) is 4.40 Å². The Hall–Kier alpha value is -2.09. The fourth-order valence-electron chi connectivity index (χ4n) is 1.94. The number of nitrogens with two attached hydrogens (primary N) is 1. The molecule has 0 saturated carbocycles. The summed E-state index contributed by atoms with van der Waals surface area (Å²) in [5.74, 6) is 0.795. The third-order valence-corrected chi connectivity index (χ3v) is 2.69. The van der Waals surface area contributed by atoms with E-state index in [-0.39, 0.29) is 0 Å². The number of nitrogen functional groups attached to an aromatic ring is 1. The van der Waals surface area contributed by atoms with Crippen LogP contribution in [0.2, 0.25) is 0 Å². The first-order valence-electron chi connectivity index (χ1n) is 4.94. The maximum Gasteiger partial charge on any atom is 0.285 e. The van der Waals surface area contributed by atoms with Crippen LogP contribution in [0.1, 0.15) is 0 Å². The van der Waals surface area contributed by atoms with Crippen LogP contribution in [0.4, 0.5) is 5.82 Å². The van der Waals surface area contributed by atoms with Crippen LogP contribution in [0, 0.1) is 0 Å². The molecule has 3 aromatic rings. The summed E-state index contributed by atoms with van der Waals surface area (Å²) in [4.78, 5) is 0. The van der Waals surface area contributed by atoms with Crippen molar-refractivity contribution in [3.63, 3.8) is 0 Å². The summed E-state index contributed by atoms with van der Waals surface area (Å²) in [6.45, 7) is 0. The normalized spacial score (nSPS) is 10.9. The van der Waals surface area contributed by atoms with Crippen molar-refractivity contribution in [3.05, 3.63) is 54.7 Å². The van der Waals surface area contributed by atoms with Gasteiger partial charge in [-0.05, 0) is 29.7 Å². The van der Waals surface area contributed by atoms with Gasteiger partial charge in [0.05, 0.1) is 11.6 Å². The number of rotatable bonds is 0. The van der Waals surface area contributed by atoms with Crippen molar-refractivity contribution in [2.75, 3.05) is 5.73 Å². The molecular formula is C13H11N2+. The van der Waals surface area contributed by atoms with E-state index < -0.39 is 0 Å². The monoisotopic (exact) mass is 195 g/mol. The van der Waals surface area contributed by atoms with Gasteiger partial charge in [-0.15, -0.1) is 0 Å². The van der Waals surface area contributed by atoms with Gasteiger partial charge in [0, 0.05) is 0 Å². The summed E-state index contributed by atoms with van der Waals surface area (Å²) in [6, 6.07) is 16.4. The number of anilines is 1. The predicted molar refractivity (Wildman–Crippen MR) is 61.5 cm³/mol. The van der Waals surface area contributed by atoms with Crippen molar-refractivity contribution in [1.82, 2.24) is 0 Å². The molecule has 0 aliphatic heterocycles. The van der Waals surface area contributed by atoms with E-state index in [1.165, 1.54) is 5.39 Å². The molecule has 0 aliphatic carbocycles. The van der Waals surface area contributed by atoms with Crippen LogP contribution in [0.3, 0.4) is 0 Å². The molecule has 0 amide bonds. The molecular weight excluding hydrogens is 184 g/mol. The average Bonchev–Trinajstić information content (AvgIpc) is 2.30. The highest BCUT2D eigenvalue weighted by molar-refractivity contribution is 5.91. The Morgan fingerprint density at radius 2 is 1.73 bits per heavy atom. The highest BCUT2D eigenvalue weighted by Crippen LogP contribution is 2.18. The fraction of sp³-hybridized carbons (Fsp3) is 0. The second kappa shape index (κ2) is 2.95. The third-order valence-electron chi connectivity index (χ3n) is 2.69. The first-order chi connectivity index (χ1) is 7.36. The van der Waals surface area contributed by atoms with Crippen molar-refractivity contribution in [3.8, 4) is 0 Å². The molecule has 0 fully saturated rings. The van der Waals surface area contributed by atoms with Crippen LogP contribution in [-0.4, -0.2) is 0 Å². The van der Waals surface area contributed by atoms with Gasteiger partial charge in [-0.1, -0.05) is 24.3 Å². The van der Waals surface area contributed by atoms with Crippen LogP contribution >= 0.6 is 0 Å². The second-order valence-corrected chi connectivity index (χ2v) is 3.61. The maximum absolute atomic E-state index is 6.12. The van der Waals surface area contributed by atoms with E-state index in [0.29, 0.717) is 0 Å². The lowest BCUT2D eigenvalue weighted by atomic mass is 10.1. The molecule has 0 bridgehead atoms. The molecule has 0 radical (unpaired) electrons. The number of aromatic nitrogens is 1. The molecule has 2 nitrogen and oxygen atoms in total. The largest absolute Gasteiger partial charge is 0.286 e. The Labute approximate surface area is 87.6 Å². The molecule has 0 atom stereocenters. The maximum atomic E-state index is 6.12. The van der Waals surface area contributed by atoms with Crippen LogP contribution in [0.15, 0.2) is 54.7 Å². The van der Waals surface area contributed by atoms with Crippen LogP contribution in [0.25, 0.3) is 16.3 Å². The summed E-state index contributed by atoms with van der Waals surface area (Å²) in [6.07, 6.45) is 1.98. The van der Waals surface area contributed by atoms with Gasteiger partial charge in [-0.25, -0.2) is 0 Å². The van der Waals surface area contributed by atoms with Gasteiger partial charge in [0.15, 0.2) is 0 Å². The summed E-state index contributed by atoms with van der Waals surface area (Å²) < 4.78 is 2.00. The lowest BCUT2D eigenvalue weighted by Gasteiger charge is -2.01. The van der Waals surface area contributed by atoms with Gasteiger partial charge < -0.3 is 0 Å². The minimum Gasteiger partial charge on any atom is -0.286 e. The Balaban J connectivity index is 2.60. The minimum absolute atomic E-state index is 0.795. The molecule has 2 N–H and O–H groups in total. The number of benzene rings is 1. The van der Waals surface area contributed by atoms with E-state index in [2.05, 4.69) is 18.2 Å². The minimum atomic E-state index is 0.795. The zero-order valence-electron chi connectivity index (χ0n) is 8.22. The number of hydrogen-bond acceptors (Lipinski definition) is 1. The molecule has 0 saturated heterocycles. The molecule has 2 heteroatoms. The molecule has 0 aliphatic rings. The van der Waals surface area contributed by atoms with Gasteiger partial charge in [0.25, 0.3) is 5.82 Å². The van der Waals surface area contributed by atoms with Crippen molar-refractivity contribution < 1.29 is 4.40 Å². The zero-order valence-corrected chi connectivity index (χ0v) is 8.22. The van der Waals surface area contributed by atoms with Crippen molar-refractivity contribution in [2.45, 2.75) is 0 Å². The highest BCUT2D eigenvalue weighted by atomic mass is 15.0. The zero-order chi connectivity index (χ0) is 10.3. The second-order valence-electron chi connectivity index (χ2n) is 3.61.